The van der Waals surface area contributed by atoms with Crippen LogP contribution >= 0.6 is 0 Å². The minimum atomic E-state index is -2.81. The summed E-state index contributed by atoms with van der Waals surface area (Å²) in [5, 5.41) is 0. The van der Waals surface area contributed by atoms with E-state index in [0.29, 0.717) is 0 Å². The molecular weight excluding hydrogens is 164 g/mol. The number of nitrogens with zero attached hydrogens (tertiary/aromatic N) is 1. The van der Waals surface area contributed by atoms with Crippen molar-refractivity contribution in [3.05, 3.63) is 23.4 Å². The van der Waals surface area contributed by atoms with E-state index >= 15 is 0 Å². The van der Waals surface area contributed by atoms with Gasteiger partial charge < -0.3 is 4.74 Å². The van der Waals surface area contributed by atoms with Crippen molar-refractivity contribution < 1.29 is 13.5 Å². The number of hydrogen-bond acceptors (Lipinski definition) is 2. The highest BCUT2D eigenvalue weighted by Crippen LogP contribution is 2.14. The third-order valence-corrected chi connectivity index (χ3v) is 1.56. The second-order valence-electron chi connectivity index (χ2n) is 2.49. The van der Waals surface area contributed by atoms with E-state index in [1.807, 2.05) is 13.8 Å². The van der Waals surface area contributed by atoms with Crippen LogP contribution in [0.5, 0.6) is 5.88 Å². The highest BCUT2D eigenvalue weighted by atomic mass is 19.3. The molecule has 0 fully saturated rings. The minimum absolute atomic E-state index is 0.0342. The fraction of sp³-hybridized carbons (Fsp3) is 0.375. The molecule has 0 N–H and O–H groups in total. The Bertz CT molecular complexity index is 276. The molecule has 2 nitrogen and oxygen atoms in total. The van der Waals surface area contributed by atoms with E-state index < -0.39 is 6.61 Å². The Labute approximate surface area is 69.2 Å². The Balaban J connectivity index is 2.82. The molecule has 0 bridgehead atoms. The van der Waals surface area contributed by atoms with E-state index in [2.05, 4.69) is 9.72 Å². The average molecular weight is 173 g/mol. The maximum Gasteiger partial charge on any atom is 0.388 e. The predicted molar refractivity (Wildman–Crippen MR) is 40.3 cm³/mol. The molecule has 0 saturated heterocycles. The summed E-state index contributed by atoms with van der Waals surface area (Å²) in [6.45, 7) is 0.865. The molecule has 0 saturated carbocycles. The minimum Gasteiger partial charge on any atom is -0.417 e. The van der Waals surface area contributed by atoms with Crippen LogP contribution in [0.1, 0.15) is 11.1 Å². The van der Waals surface area contributed by atoms with E-state index in [9.17, 15) is 8.78 Å². The number of aryl methyl sites for hydroxylation is 2. The molecule has 0 unspecified atom stereocenters. The van der Waals surface area contributed by atoms with Crippen LogP contribution in [-0.4, -0.2) is 11.6 Å². The van der Waals surface area contributed by atoms with Gasteiger partial charge in [-0.15, -0.1) is 0 Å². The Morgan fingerprint density at radius 3 is 2.50 bits per heavy atom. The summed E-state index contributed by atoms with van der Waals surface area (Å²) in [6.07, 6.45) is 1.51. The van der Waals surface area contributed by atoms with Crippen LogP contribution in [0.25, 0.3) is 0 Å². The van der Waals surface area contributed by atoms with Gasteiger partial charge in [-0.1, -0.05) is 0 Å². The first-order valence-electron chi connectivity index (χ1n) is 3.47. The van der Waals surface area contributed by atoms with Gasteiger partial charge in [-0.3, -0.25) is 0 Å². The third-order valence-electron chi connectivity index (χ3n) is 1.56. The van der Waals surface area contributed by atoms with Crippen LogP contribution in [0.15, 0.2) is 12.3 Å². The summed E-state index contributed by atoms with van der Waals surface area (Å²) in [5.41, 5.74) is 1.84. The van der Waals surface area contributed by atoms with Crippen molar-refractivity contribution in [3.63, 3.8) is 0 Å². The van der Waals surface area contributed by atoms with Gasteiger partial charge in [0.1, 0.15) is 0 Å². The molecule has 1 aromatic rings. The van der Waals surface area contributed by atoms with Gasteiger partial charge in [0.25, 0.3) is 0 Å². The largest absolute Gasteiger partial charge is 0.417 e. The van der Waals surface area contributed by atoms with E-state index in [1.54, 1.807) is 0 Å². The second kappa shape index (κ2) is 3.47. The first kappa shape index (κ1) is 8.90. The van der Waals surface area contributed by atoms with Gasteiger partial charge in [0, 0.05) is 12.3 Å². The van der Waals surface area contributed by atoms with Crippen LogP contribution < -0.4 is 4.74 Å². The van der Waals surface area contributed by atoms with E-state index in [0.717, 1.165) is 11.1 Å². The molecule has 1 aromatic heterocycles. The standard InChI is InChI=1S/C8H9F2NO/c1-5-3-7(12-8(9)10)11-4-6(5)2/h3-4,8H,1-2H3. The zero-order valence-corrected chi connectivity index (χ0v) is 6.84. The number of alkyl halides is 2. The zero-order valence-electron chi connectivity index (χ0n) is 6.84. The number of aromatic nitrogens is 1. The van der Waals surface area contributed by atoms with E-state index in [-0.39, 0.29) is 5.88 Å². The quantitative estimate of drug-likeness (QED) is 0.684. The summed E-state index contributed by atoms with van der Waals surface area (Å²) < 4.78 is 27.5. The Hall–Kier alpha value is -1.19. The Morgan fingerprint density at radius 1 is 1.33 bits per heavy atom. The molecule has 0 amide bonds. The van der Waals surface area contributed by atoms with Crippen LogP contribution in [0.3, 0.4) is 0 Å². The van der Waals surface area contributed by atoms with Gasteiger partial charge in [-0.05, 0) is 25.0 Å². The lowest BCUT2D eigenvalue weighted by atomic mass is 10.2. The average Bonchev–Trinajstić information content (AvgIpc) is 1.96. The Morgan fingerprint density at radius 2 is 2.00 bits per heavy atom. The van der Waals surface area contributed by atoms with Crippen molar-refractivity contribution in [2.24, 2.45) is 0 Å². The van der Waals surface area contributed by atoms with Crippen molar-refractivity contribution in [2.75, 3.05) is 0 Å². The maximum atomic E-state index is 11.7. The van der Waals surface area contributed by atoms with Crippen molar-refractivity contribution in [1.82, 2.24) is 4.98 Å². The van der Waals surface area contributed by atoms with Crippen LogP contribution in [-0.2, 0) is 0 Å². The van der Waals surface area contributed by atoms with Crippen LogP contribution in [0.4, 0.5) is 8.78 Å². The topological polar surface area (TPSA) is 22.1 Å². The van der Waals surface area contributed by atoms with Crippen LogP contribution in [0.2, 0.25) is 0 Å². The third kappa shape index (κ3) is 2.15. The summed E-state index contributed by atoms with van der Waals surface area (Å²) in [5.74, 6) is -0.0342. The van der Waals surface area contributed by atoms with Gasteiger partial charge in [0.05, 0.1) is 0 Å². The van der Waals surface area contributed by atoms with Crippen molar-refractivity contribution in [2.45, 2.75) is 20.5 Å². The molecule has 0 aromatic carbocycles. The highest BCUT2D eigenvalue weighted by molar-refractivity contribution is 5.26. The highest BCUT2D eigenvalue weighted by Gasteiger charge is 2.05. The molecule has 1 heterocycles. The van der Waals surface area contributed by atoms with Gasteiger partial charge in [0.15, 0.2) is 0 Å². The molecule has 0 atom stereocenters. The van der Waals surface area contributed by atoms with Gasteiger partial charge in [0.2, 0.25) is 5.88 Å². The monoisotopic (exact) mass is 173 g/mol. The summed E-state index contributed by atoms with van der Waals surface area (Å²) >= 11 is 0. The molecule has 4 heteroatoms. The van der Waals surface area contributed by atoms with Gasteiger partial charge in [-0.25, -0.2) is 4.98 Å². The number of hydrogen-bond donors (Lipinski definition) is 0. The SMILES string of the molecule is Cc1cnc(OC(F)F)cc1C. The fourth-order valence-corrected chi connectivity index (χ4v) is 0.754. The second-order valence-corrected chi connectivity index (χ2v) is 2.49. The molecule has 12 heavy (non-hydrogen) atoms. The van der Waals surface area contributed by atoms with Crippen molar-refractivity contribution in [3.8, 4) is 5.88 Å². The summed E-state index contributed by atoms with van der Waals surface area (Å²) in [7, 11) is 0. The predicted octanol–water partition coefficient (Wildman–Crippen LogP) is 2.30. The zero-order chi connectivity index (χ0) is 9.14. The summed E-state index contributed by atoms with van der Waals surface area (Å²) in [6, 6.07) is 1.49. The molecule has 0 aliphatic rings. The van der Waals surface area contributed by atoms with Crippen LogP contribution in [0, 0.1) is 13.8 Å². The van der Waals surface area contributed by atoms with Crippen molar-refractivity contribution in [1.29, 1.82) is 0 Å². The number of rotatable bonds is 2. The summed E-state index contributed by atoms with van der Waals surface area (Å²) in [4.78, 5) is 3.68. The Kier molecular flexibility index (Phi) is 2.58. The fourth-order valence-electron chi connectivity index (χ4n) is 0.754. The van der Waals surface area contributed by atoms with E-state index in [4.69, 9.17) is 0 Å². The normalized spacial score (nSPS) is 10.4. The number of pyridine rings is 1. The van der Waals surface area contributed by atoms with Gasteiger partial charge >= 0.3 is 6.61 Å². The lowest BCUT2D eigenvalue weighted by molar-refractivity contribution is -0.0528. The first-order chi connectivity index (χ1) is 5.59. The van der Waals surface area contributed by atoms with Crippen molar-refractivity contribution >= 4 is 0 Å². The lowest BCUT2D eigenvalue weighted by Gasteiger charge is -2.04. The van der Waals surface area contributed by atoms with Gasteiger partial charge in [-0.2, -0.15) is 8.78 Å². The molecule has 0 aliphatic heterocycles. The maximum absolute atomic E-state index is 11.7. The molecule has 0 aliphatic carbocycles. The molecular formula is C8H9F2NO. The smallest absolute Gasteiger partial charge is 0.388 e. The number of ether oxygens (including phenoxy) is 1. The molecule has 0 spiro atoms. The first-order valence-corrected chi connectivity index (χ1v) is 3.47. The van der Waals surface area contributed by atoms with E-state index in [1.165, 1.54) is 12.3 Å². The molecule has 0 radical (unpaired) electrons. The molecule has 66 valence electrons. The lowest BCUT2D eigenvalue weighted by Crippen LogP contribution is -2.03. The number of halogens is 2. The molecule has 1 rings (SSSR count).